The number of thiophene rings is 1. The van der Waals surface area contributed by atoms with Crippen molar-refractivity contribution in [3.8, 4) is 10.6 Å². The number of anilines is 1. The van der Waals surface area contributed by atoms with E-state index in [1.807, 2.05) is 16.8 Å². The Kier molecular flexibility index (Phi) is 5.29. The number of esters is 1. The second-order valence-corrected chi connectivity index (χ2v) is 7.69. The van der Waals surface area contributed by atoms with Gasteiger partial charge in [-0.05, 0) is 18.4 Å². The van der Waals surface area contributed by atoms with Gasteiger partial charge in [-0.1, -0.05) is 0 Å². The lowest BCUT2D eigenvalue weighted by Gasteiger charge is -2.10. The van der Waals surface area contributed by atoms with Gasteiger partial charge < -0.3 is 10.5 Å². The van der Waals surface area contributed by atoms with Gasteiger partial charge in [0.25, 0.3) is 5.56 Å². The number of Topliss-reactive ketones (excluding diaryl/α,β-unsaturated/α-hetero) is 1. The van der Waals surface area contributed by atoms with Gasteiger partial charge in [-0.3, -0.25) is 18.7 Å². The molecular formula is C17H16N4O5S2. The van der Waals surface area contributed by atoms with Gasteiger partial charge in [0.1, 0.15) is 21.3 Å². The van der Waals surface area contributed by atoms with E-state index in [2.05, 4.69) is 4.98 Å². The number of hydrogen-bond acceptors (Lipinski definition) is 9. The van der Waals surface area contributed by atoms with E-state index in [4.69, 9.17) is 10.5 Å². The van der Waals surface area contributed by atoms with Crippen LogP contribution in [0.3, 0.4) is 0 Å². The van der Waals surface area contributed by atoms with Crippen molar-refractivity contribution in [2.75, 3.05) is 12.3 Å². The molecule has 28 heavy (non-hydrogen) atoms. The first kappa shape index (κ1) is 19.7. The van der Waals surface area contributed by atoms with Gasteiger partial charge in [-0.15, -0.1) is 11.3 Å². The highest BCUT2D eigenvalue weighted by molar-refractivity contribution is 7.17. The zero-order chi connectivity index (χ0) is 20.6. The maximum Gasteiger partial charge on any atom is 0.350 e. The minimum atomic E-state index is -0.838. The quantitative estimate of drug-likeness (QED) is 0.485. The van der Waals surface area contributed by atoms with E-state index in [0.29, 0.717) is 10.7 Å². The number of ether oxygens (including phenoxy) is 1. The topological polar surface area (TPSA) is 126 Å². The standard InChI is InChI=1S/C17H16N4O5S2/c1-8-12(28-14(19-8)9-4-5-27-7-9)16(24)26-6-10(22)11-13(18)20(2)17(25)21(3)15(11)23/h4-5,7H,6,18H2,1-3H3. The lowest BCUT2D eigenvalue weighted by Crippen LogP contribution is -2.42. The largest absolute Gasteiger partial charge is 0.453 e. The molecule has 0 fully saturated rings. The van der Waals surface area contributed by atoms with Crippen molar-refractivity contribution in [1.82, 2.24) is 14.1 Å². The van der Waals surface area contributed by atoms with Gasteiger partial charge in [0, 0.05) is 25.0 Å². The van der Waals surface area contributed by atoms with E-state index >= 15 is 0 Å². The second kappa shape index (κ2) is 7.52. The summed E-state index contributed by atoms with van der Waals surface area (Å²) >= 11 is 2.67. The van der Waals surface area contributed by atoms with Crippen LogP contribution in [-0.2, 0) is 18.8 Å². The molecule has 0 unspecified atom stereocenters. The molecule has 0 aliphatic carbocycles. The summed E-state index contributed by atoms with van der Waals surface area (Å²) < 4.78 is 6.82. The van der Waals surface area contributed by atoms with Crippen LogP contribution in [0.25, 0.3) is 10.6 Å². The Hall–Kier alpha value is -3.05. The number of aryl methyl sites for hydroxylation is 1. The molecule has 3 aromatic heterocycles. The number of thiazole rings is 1. The summed E-state index contributed by atoms with van der Waals surface area (Å²) in [6.45, 7) is 0.993. The van der Waals surface area contributed by atoms with E-state index < -0.39 is 35.2 Å². The summed E-state index contributed by atoms with van der Waals surface area (Å²) in [4.78, 5) is 53.4. The van der Waals surface area contributed by atoms with Crippen LogP contribution in [0.4, 0.5) is 5.82 Å². The molecule has 0 spiro atoms. The maximum atomic E-state index is 12.4. The predicted molar refractivity (Wildman–Crippen MR) is 106 cm³/mol. The summed E-state index contributed by atoms with van der Waals surface area (Å²) in [6.07, 6.45) is 0. The third-order valence-corrected chi connectivity index (χ3v) is 5.94. The van der Waals surface area contributed by atoms with E-state index in [0.717, 1.165) is 26.0 Å². The number of ketones is 1. The molecule has 0 saturated carbocycles. The van der Waals surface area contributed by atoms with Crippen LogP contribution in [0.5, 0.6) is 0 Å². The fraction of sp³-hybridized carbons (Fsp3) is 0.235. The van der Waals surface area contributed by atoms with Crippen LogP contribution in [-0.4, -0.2) is 32.5 Å². The lowest BCUT2D eigenvalue weighted by molar-refractivity contribution is 0.0478. The number of carbonyl (C=O) groups is 2. The fourth-order valence-corrected chi connectivity index (χ4v) is 4.16. The minimum Gasteiger partial charge on any atom is -0.453 e. The molecular weight excluding hydrogens is 404 g/mol. The van der Waals surface area contributed by atoms with E-state index in [1.165, 1.54) is 25.4 Å². The number of hydrogen-bond donors (Lipinski definition) is 1. The van der Waals surface area contributed by atoms with Gasteiger partial charge >= 0.3 is 11.7 Å². The number of nitrogens with two attached hydrogens (primary N) is 1. The van der Waals surface area contributed by atoms with Crippen LogP contribution in [0.15, 0.2) is 26.4 Å². The van der Waals surface area contributed by atoms with Crippen LogP contribution >= 0.6 is 22.7 Å². The monoisotopic (exact) mass is 420 g/mol. The Morgan fingerprint density at radius 2 is 1.96 bits per heavy atom. The fourth-order valence-electron chi connectivity index (χ4n) is 2.49. The predicted octanol–water partition coefficient (Wildman–Crippen LogP) is 1.20. The van der Waals surface area contributed by atoms with Crippen LogP contribution in [0.2, 0.25) is 0 Å². The zero-order valence-electron chi connectivity index (χ0n) is 15.2. The molecule has 0 aliphatic heterocycles. The number of rotatable bonds is 5. The van der Waals surface area contributed by atoms with Crippen molar-refractivity contribution in [2.24, 2.45) is 14.1 Å². The van der Waals surface area contributed by atoms with Crippen molar-refractivity contribution >= 4 is 40.2 Å². The molecule has 3 heterocycles. The van der Waals surface area contributed by atoms with E-state index in [-0.39, 0.29) is 10.7 Å². The molecule has 0 atom stereocenters. The van der Waals surface area contributed by atoms with Crippen LogP contribution < -0.4 is 17.0 Å². The first-order valence-electron chi connectivity index (χ1n) is 7.98. The van der Waals surface area contributed by atoms with Crippen molar-refractivity contribution in [3.63, 3.8) is 0 Å². The van der Waals surface area contributed by atoms with Crippen molar-refractivity contribution in [3.05, 3.63) is 53.8 Å². The van der Waals surface area contributed by atoms with Gasteiger partial charge in [0.2, 0.25) is 5.78 Å². The summed E-state index contributed by atoms with van der Waals surface area (Å²) in [5, 5.41) is 4.49. The van der Waals surface area contributed by atoms with Crippen LogP contribution in [0.1, 0.15) is 25.7 Å². The summed E-state index contributed by atoms with van der Waals surface area (Å²) in [7, 11) is 2.58. The normalized spacial score (nSPS) is 10.8. The van der Waals surface area contributed by atoms with Crippen molar-refractivity contribution in [2.45, 2.75) is 6.92 Å². The third kappa shape index (κ3) is 3.41. The summed E-state index contributed by atoms with van der Waals surface area (Å²) in [5.74, 6) is -1.78. The average Bonchev–Trinajstić information content (AvgIpc) is 3.32. The van der Waals surface area contributed by atoms with Gasteiger partial charge in [0.15, 0.2) is 6.61 Å². The molecule has 0 saturated heterocycles. The third-order valence-electron chi connectivity index (χ3n) is 4.07. The van der Waals surface area contributed by atoms with Crippen LogP contribution in [0, 0.1) is 6.92 Å². The van der Waals surface area contributed by atoms with Crippen molar-refractivity contribution < 1.29 is 14.3 Å². The van der Waals surface area contributed by atoms with Crippen molar-refractivity contribution in [1.29, 1.82) is 0 Å². The lowest BCUT2D eigenvalue weighted by atomic mass is 10.2. The molecule has 0 amide bonds. The van der Waals surface area contributed by atoms with E-state index in [1.54, 1.807) is 6.92 Å². The average molecular weight is 420 g/mol. The number of carbonyl (C=O) groups excluding carboxylic acids is 2. The maximum absolute atomic E-state index is 12.4. The highest BCUT2D eigenvalue weighted by atomic mass is 32.1. The Morgan fingerprint density at radius 1 is 1.25 bits per heavy atom. The Morgan fingerprint density at radius 3 is 2.61 bits per heavy atom. The molecule has 146 valence electrons. The van der Waals surface area contributed by atoms with Gasteiger partial charge in [0.05, 0.1) is 5.69 Å². The molecule has 0 aliphatic rings. The zero-order valence-corrected chi connectivity index (χ0v) is 16.8. The molecule has 3 rings (SSSR count). The van der Waals surface area contributed by atoms with Gasteiger partial charge in [-0.2, -0.15) is 11.3 Å². The number of nitrogen functional groups attached to an aromatic ring is 1. The molecule has 9 nitrogen and oxygen atoms in total. The molecule has 0 bridgehead atoms. The van der Waals surface area contributed by atoms with E-state index in [9.17, 15) is 19.2 Å². The highest BCUT2D eigenvalue weighted by Gasteiger charge is 2.23. The SMILES string of the molecule is Cc1nc(-c2ccsc2)sc1C(=O)OCC(=O)c1c(N)n(C)c(=O)n(C)c1=O. The molecule has 0 aromatic carbocycles. The second-order valence-electron chi connectivity index (χ2n) is 5.91. The first-order chi connectivity index (χ1) is 13.2. The summed E-state index contributed by atoms with van der Waals surface area (Å²) in [6, 6.07) is 1.89. The smallest absolute Gasteiger partial charge is 0.350 e. The number of nitrogens with zero attached hydrogens (tertiary/aromatic N) is 3. The summed E-state index contributed by atoms with van der Waals surface area (Å²) in [5.41, 5.74) is 5.24. The Labute approximate surface area is 166 Å². The Bertz CT molecular complexity index is 1190. The number of aromatic nitrogens is 3. The minimum absolute atomic E-state index is 0.273. The Balaban J connectivity index is 1.80. The highest BCUT2D eigenvalue weighted by Crippen LogP contribution is 2.29. The molecule has 2 N–H and O–H groups in total. The van der Waals surface area contributed by atoms with Gasteiger partial charge in [-0.25, -0.2) is 14.6 Å². The molecule has 11 heteroatoms. The first-order valence-corrected chi connectivity index (χ1v) is 9.74. The molecule has 3 aromatic rings. The molecule has 0 radical (unpaired) electrons.